The SMILES string of the molecule is CC(C)(C)NC(=O)O[C@H](CCc1cc(F)cc(CN2CCC3(CC2)CN(C(=O)C(F)(F)F)CCO3)c1)[C@H](O)c1ccc(O)c2[nH]c(=O)sc12. The number of aromatic amines is 1. The summed E-state index contributed by atoms with van der Waals surface area (Å²) in [7, 11) is 0. The van der Waals surface area contributed by atoms with Gasteiger partial charge in [0.15, 0.2) is 0 Å². The Morgan fingerprint density at radius 1 is 1.12 bits per heavy atom. The molecule has 2 aromatic carbocycles. The van der Waals surface area contributed by atoms with Crippen molar-refractivity contribution in [2.75, 3.05) is 32.8 Å². The predicted molar refractivity (Wildman–Crippen MR) is 173 cm³/mol. The average Bonchev–Trinajstić information content (AvgIpc) is 3.41. The summed E-state index contributed by atoms with van der Waals surface area (Å²) in [5, 5.41) is 24.4. The minimum atomic E-state index is -4.94. The first-order chi connectivity index (χ1) is 22.9. The third-order valence-electron chi connectivity index (χ3n) is 8.68. The number of rotatable bonds is 8. The van der Waals surface area contributed by atoms with E-state index in [1.54, 1.807) is 20.8 Å². The lowest BCUT2D eigenvalue weighted by molar-refractivity contribution is -0.200. The summed E-state index contributed by atoms with van der Waals surface area (Å²) in [6.07, 6.45) is -7.12. The molecule has 5 rings (SSSR count). The molecule has 0 radical (unpaired) electrons. The predicted octanol–water partition coefficient (Wildman–Crippen LogP) is 4.75. The number of alkyl carbamates (subject to hydrolysis) is 1. The number of morpholine rings is 1. The topological polar surface area (TPSA) is 144 Å². The molecule has 0 bridgehead atoms. The van der Waals surface area contributed by atoms with E-state index < -0.39 is 52.2 Å². The highest BCUT2D eigenvalue weighted by Crippen LogP contribution is 2.35. The van der Waals surface area contributed by atoms with Gasteiger partial charge in [0.25, 0.3) is 0 Å². The Kier molecular flexibility index (Phi) is 10.6. The summed E-state index contributed by atoms with van der Waals surface area (Å²) < 4.78 is 65.9. The summed E-state index contributed by atoms with van der Waals surface area (Å²) in [5.74, 6) is -2.52. The molecule has 2 fully saturated rings. The van der Waals surface area contributed by atoms with Gasteiger partial charge < -0.3 is 34.9 Å². The van der Waals surface area contributed by atoms with Crippen molar-refractivity contribution in [3.8, 4) is 5.75 Å². The van der Waals surface area contributed by atoms with Gasteiger partial charge in [0.05, 0.1) is 23.5 Å². The Balaban J connectivity index is 1.27. The number of fused-ring (bicyclic) bond motifs is 1. The van der Waals surface area contributed by atoms with Crippen LogP contribution in [0.3, 0.4) is 0 Å². The Morgan fingerprint density at radius 3 is 2.49 bits per heavy atom. The normalized spacial score (nSPS) is 18.4. The van der Waals surface area contributed by atoms with Gasteiger partial charge in [0.1, 0.15) is 29.3 Å². The standard InChI is InChI=1S/C33H40F4N4O7S/c1-31(2,3)39-29(45)48-24(26(43)22-5-6-23(42)25-27(22)49-30(46)38-25)7-4-19-14-20(16-21(34)15-19)17-40-10-8-32(9-11-40)18-41(12-13-47-32)28(44)33(35,36)37/h5-6,14-16,24,26,42-43H,4,7-13,17-18H2,1-3H3,(H,38,46)(H,39,45)/t24-,26-/m1/s1. The number of aliphatic hydroxyl groups is 1. The summed E-state index contributed by atoms with van der Waals surface area (Å²) in [5.41, 5.74) is 0.181. The number of aromatic hydroxyl groups is 1. The van der Waals surface area contributed by atoms with Gasteiger partial charge in [-0.1, -0.05) is 23.5 Å². The number of aromatic nitrogens is 1. The number of alkyl halides is 3. The number of H-pyrrole nitrogens is 1. The fourth-order valence-electron chi connectivity index (χ4n) is 6.37. The number of thiazole rings is 1. The summed E-state index contributed by atoms with van der Waals surface area (Å²) in [6.45, 7) is 6.37. The molecule has 2 saturated heterocycles. The summed E-state index contributed by atoms with van der Waals surface area (Å²) in [4.78, 5) is 41.6. The zero-order valence-electron chi connectivity index (χ0n) is 27.4. The van der Waals surface area contributed by atoms with Crippen LogP contribution in [0.5, 0.6) is 5.75 Å². The minimum absolute atomic E-state index is 0.0232. The van der Waals surface area contributed by atoms with Crippen LogP contribution in [0.1, 0.15) is 62.8 Å². The number of piperidine rings is 1. The third kappa shape index (κ3) is 9.09. The van der Waals surface area contributed by atoms with Crippen molar-refractivity contribution in [3.05, 3.63) is 62.5 Å². The Labute approximate surface area is 283 Å². The lowest BCUT2D eigenvalue weighted by atomic mass is 9.89. The van der Waals surface area contributed by atoms with Gasteiger partial charge >= 0.3 is 23.0 Å². The van der Waals surface area contributed by atoms with Crippen LogP contribution in [0.15, 0.2) is 35.1 Å². The van der Waals surface area contributed by atoms with Crippen molar-refractivity contribution in [1.82, 2.24) is 20.1 Å². The van der Waals surface area contributed by atoms with Gasteiger partial charge in [0, 0.05) is 37.3 Å². The monoisotopic (exact) mass is 712 g/mol. The second-order valence-corrected chi connectivity index (χ2v) is 14.7. The Morgan fingerprint density at radius 2 is 1.82 bits per heavy atom. The van der Waals surface area contributed by atoms with E-state index in [0.717, 1.165) is 16.2 Å². The van der Waals surface area contributed by atoms with Crippen LogP contribution in [0, 0.1) is 5.82 Å². The largest absolute Gasteiger partial charge is 0.506 e. The number of nitrogens with zero attached hydrogens (tertiary/aromatic N) is 2. The van der Waals surface area contributed by atoms with Crippen LogP contribution in [0.4, 0.5) is 22.4 Å². The molecule has 3 aromatic rings. The van der Waals surface area contributed by atoms with E-state index in [2.05, 4.69) is 10.3 Å². The number of carbonyl (C=O) groups is 2. The number of aliphatic hydroxyl groups excluding tert-OH is 1. The van der Waals surface area contributed by atoms with E-state index in [1.807, 2.05) is 11.0 Å². The second-order valence-electron chi connectivity index (χ2n) is 13.7. The number of carbonyl (C=O) groups excluding carboxylic acids is 2. The molecule has 4 N–H and O–H groups in total. The average molecular weight is 713 g/mol. The fourth-order valence-corrected chi connectivity index (χ4v) is 7.27. The quantitative estimate of drug-likeness (QED) is 0.245. The Hall–Kier alpha value is -3.73. The first-order valence-electron chi connectivity index (χ1n) is 15.9. The van der Waals surface area contributed by atoms with E-state index in [4.69, 9.17) is 9.47 Å². The van der Waals surface area contributed by atoms with E-state index in [9.17, 15) is 42.2 Å². The molecular formula is C33H40F4N4O7S. The number of nitrogens with one attached hydrogen (secondary N) is 2. The molecule has 2 aliphatic heterocycles. The number of phenolic OH excluding ortho intramolecular Hbond substituents is 1. The molecule has 2 aliphatic rings. The smallest absolute Gasteiger partial charge is 0.471 e. The van der Waals surface area contributed by atoms with Gasteiger partial charge in [-0.2, -0.15) is 13.2 Å². The number of likely N-dealkylation sites (tertiary alicyclic amines) is 1. The number of aryl methyl sites for hydroxylation is 1. The van der Waals surface area contributed by atoms with Gasteiger partial charge in [-0.25, -0.2) is 9.18 Å². The molecule has 0 aliphatic carbocycles. The van der Waals surface area contributed by atoms with Gasteiger partial charge in [-0.3, -0.25) is 14.5 Å². The molecule has 1 spiro atoms. The number of ether oxygens (including phenoxy) is 2. The number of amides is 2. The molecule has 16 heteroatoms. The highest BCUT2D eigenvalue weighted by Gasteiger charge is 2.48. The van der Waals surface area contributed by atoms with Crippen LogP contribution in [-0.2, 0) is 27.2 Å². The van der Waals surface area contributed by atoms with E-state index in [-0.39, 0.29) is 49.4 Å². The molecule has 268 valence electrons. The number of hydrogen-bond acceptors (Lipinski definition) is 9. The third-order valence-corrected chi connectivity index (χ3v) is 9.61. The lowest BCUT2D eigenvalue weighted by Gasteiger charge is -2.47. The lowest BCUT2D eigenvalue weighted by Crippen LogP contribution is -2.59. The maximum absolute atomic E-state index is 14.9. The molecular weight excluding hydrogens is 672 g/mol. The first-order valence-corrected chi connectivity index (χ1v) is 16.8. The number of hydrogen-bond donors (Lipinski definition) is 4. The van der Waals surface area contributed by atoms with Gasteiger partial charge in [0.2, 0.25) is 0 Å². The Bertz CT molecular complexity index is 1730. The van der Waals surface area contributed by atoms with Crippen molar-refractivity contribution in [2.24, 2.45) is 0 Å². The molecule has 2 atom stereocenters. The molecule has 11 nitrogen and oxygen atoms in total. The van der Waals surface area contributed by atoms with Gasteiger partial charge in [-0.05, 0) is 75.8 Å². The number of phenols is 1. The maximum atomic E-state index is 14.9. The molecule has 2 amide bonds. The van der Waals surface area contributed by atoms with Crippen molar-refractivity contribution in [1.29, 1.82) is 0 Å². The molecule has 0 unspecified atom stereocenters. The number of halogens is 4. The van der Waals surface area contributed by atoms with Gasteiger partial charge in [-0.15, -0.1) is 0 Å². The van der Waals surface area contributed by atoms with Crippen LogP contribution in [-0.4, -0.2) is 93.2 Å². The second kappa shape index (κ2) is 14.2. The van der Waals surface area contributed by atoms with E-state index >= 15 is 0 Å². The highest BCUT2D eigenvalue weighted by atomic mass is 32.1. The van der Waals surface area contributed by atoms with Crippen LogP contribution in [0.25, 0.3) is 10.2 Å². The molecule has 3 heterocycles. The first kappa shape index (κ1) is 36.5. The van der Waals surface area contributed by atoms with Crippen molar-refractivity contribution >= 4 is 33.6 Å². The van der Waals surface area contributed by atoms with Crippen molar-refractivity contribution in [2.45, 2.75) is 82.5 Å². The fraction of sp³-hybridized carbons (Fsp3) is 0.545. The zero-order valence-corrected chi connectivity index (χ0v) is 28.2. The highest BCUT2D eigenvalue weighted by molar-refractivity contribution is 7.16. The van der Waals surface area contributed by atoms with Crippen LogP contribution >= 0.6 is 11.3 Å². The minimum Gasteiger partial charge on any atom is -0.506 e. The van der Waals surface area contributed by atoms with E-state index in [1.165, 1.54) is 24.3 Å². The van der Waals surface area contributed by atoms with Crippen LogP contribution < -0.4 is 10.2 Å². The molecule has 0 saturated carbocycles. The van der Waals surface area contributed by atoms with Crippen molar-refractivity contribution < 1.29 is 46.8 Å². The maximum Gasteiger partial charge on any atom is 0.471 e. The molecule has 1 aromatic heterocycles. The summed E-state index contributed by atoms with van der Waals surface area (Å²) in [6, 6.07) is 7.35. The van der Waals surface area contributed by atoms with Crippen molar-refractivity contribution in [3.63, 3.8) is 0 Å². The van der Waals surface area contributed by atoms with Crippen LogP contribution in [0.2, 0.25) is 0 Å². The zero-order chi connectivity index (χ0) is 35.7. The molecule has 49 heavy (non-hydrogen) atoms. The number of benzene rings is 2. The van der Waals surface area contributed by atoms with E-state index in [0.29, 0.717) is 48.3 Å². The summed E-state index contributed by atoms with van der Waals surface area (Å²) >= 11 is 0.800.